The van der Waals surface area contributed by atoms with Gasteiger partial charge in [-0.1, -0.05) is 58.9 Å². The summed E-state index contributed by atoms with van der Waals surface area (Å²) in [5.41, 5.74) is -6.79. The van der Waals surface area contributed by atoms with Crippen molar-refractivity contribution in [2.75, 3.05) is 0 Å². The number of esters is 2. The second-order valence-electron chi connectivity index (χ2n) is 13.2. The molecule has 50 heavy (non-hydrogen) atoms. The molecule has 0 aliphatic carbocycles. The molecule has 2 saturated heterocycles. The van der Waals surface area contributed by atoms with E-state index in [-0.39, 0.29) is 24.3 Å². The SMILES string of the molecule is C=C(CCC12OC(C(=O)O)C(O)(C(=O)O)C(C(=O)O)(O1)C(OC(=O)C=CC(C)CC(C)CC)C2O)C(OC(C)=O)C(C)Cc1cccc(F)c1. The highest BCUT2D eigenvalue weighted by molar-refractivity contribution is 5.98. The fraction of sp³-hybridized carbons (Fsp3) is 0.571. The Kier molecular flexibility index (Phi) is 12.7. The minimum atomic E-state index is -3.93. The number of rotatable bonds is 17. The topological polar surface area (TPSA) is 223 Å². The second kappa shape index (κ2) is 15.8. The number of hydrogen-bond donors (Lipinski definition) is 5. The minimum Gasteiger partial charge on any atom is -0.479 e. The summed E-state index contributed by atoms with van der Waals surface area (Å²) in [7, 11) is 0. The largest absolute Gasteiger partial charge is 0.479 e. The summed E-state index contributed by atoms with van der Waals surface area (Å²) in [6, 6.07) is 5.72. The van der Waals surface area contributed by atoms with Crippen molar-refractivity contribution in [1.29, 1.82) is 0 Å². The van der Waals surface area contributed by atoms with Crippen LogP contribution in [0.5, 0.6) is 0 Å². The maximum Gasteiger partial charge on any atom is 0.344 e. The number of aliphatic hydroxyl groups excluding tert-OH is 1. The number of carbonyl (C=O) groups is 5. The highest BCUT2D eigenvalue weighted by Gasteiger charge is 2.85. The third-order valence-corrected chi connectivity index (χ3v) is 9.33. The zero-order chi connectivity index (χ0) is 37.8. The number of hydrogen-bond acceptors (Lipinski definition) is 11. The molecule has 2 heterocycles. The van der Waals surface area contributed by atoms with Gasteiger partial charge in [-0.05, 0) is 54.4 Å². The number of fused-ring (bicyclic) bond motifs is 2. The molecule has 0 amide bonds. The molecule has 0 saturated carbocycles. The van der Waals surface area contributed by atoms with E-state index in [1.165, 1.54) is 24.3 Å². The van der Waals surface area contributed by atoms with Crippen LogP contribution in [0.15, 0.2) is 48.6 Å². The predicted octanol–water partition coefficient (Wildman–Crippen LogP) is 3.02. The predicted molar refractivity (Wildman–Crippen MR) is 171 cm³/mol. The maximum atomic E-state index is 13.8. The van der Waals surface area contributed by atoms with E-state index in [9.17, 15) is 53.9 Å². The summed E-state index contributed by atoms with van der Waals surface area (Å²) < 4.78 is 35.7. The van der Waals surface area contributed by atoms with Crippen LogP contribution in [-0.4, -0.2) is 96.8 Å². The lowest BCUT2D eigenvalue weighted by atomic mass is 9.74. The molecule has 2 fully saturated rings. The van der Waals surface area contributed by atoms with Gasteiger partial charge in [-0.15, -0.1) is 0 Å². The average Bonchev–Trinajstić information content (AvgIpc) is 3.24. The average molecular weight is 709 g/mol. The Hall–Kier alpha value is -4.18. The van der Waals surface area contributed by atoms with Gasteiger partial charge in [-0.2, -0.15) is 0 Å². The van der Waals surface area contributed by atoms with Crippen molar-refractivity contribution in [1.82, 2.24) is 0 Å². The number of carbonyl (C=O) groups excluding carboxylic acids is 2. The summed E-state index contributed by atoms with van der Waals surface area (Å²) in [5, 5.41) is 53.5. The zero-order valence-electron chi connectivity index (χ0n) is 28.5. The van der Waals surface area contributed by atoms with Crippen LogP contribution in [0.1, 0.15) is 65.9 Å². The second-order valence-corrected chi connectivity index (χ2v) is 13.2. The highest BCUT2D eigenvalue weighted by Crippen LogP contribution is 2.56. The Labute approximate surface area is 288 Å². The van der Waals surface area contributed by atoms with Crippen molar-refractivity contribution in [2.24, 2.45) is 17.8 Å². The molecule has 2 aliphatic heterocycles. The van der Waals surface area contributed by atoms with E-state index in [1.54, 1.807) is 13.0 Å². The summed E-state index contributed by atoms with van der Waals surface area (Å²) in [6.07, 6.45) is -5.52. The fourth-order valence-corrected chi connectivity index (χ4v) is 6.63. The molecule has 15 heteroatoms. The van der Waals surface area contributed by atoms with Gasteiger partial charge in [0.05, 0.1) is 0 Å². The van der Waals surface area contributed by atoms with Gasteiger partial charge in [-0.3, -0.25) is 4.79 Å². The lowest BCUT2D eigenvalue weighted by molar-refractivity contribution is -0.374. The van der Waals surface area contributed by atoms with Crippen molar-refractivity contribution in [2.45, 2.75) is 108 Å². The molecule has 0 spiro atoms. The van der Waals surface area contributed by atoms with Gasteiger partial charge in [0.15, 0.2) is 6.10 Å². The summed E-state index contributed by atoms with van der Waals surface area (Å²) in [5.74, 6) is -12.3. The number of aliphatic carboxylic acids is 3. The Morgan fingerprint density at radius 3 is 2.30 bits per heavy atom. The monoisotopic (exact) mass is 708 g/mol. The van der Waals surface area contributed by atoms with Crippen LogP contribution in [0.2, 0.25) is 0 Å². The van der Waals surface area contributed by atoms with Crippen LogP contribution < -0.4 is 0 Å². The van der Waals surface area contributed by atoms with Crippen LogP contribution in [0.4, 0.5) is 4.39 Å². The van der Waals surface area contributed by atoms with E-state index in [0.29, 0.717) is 17.9 Å². The van der Waals surface area contributed by atoms with Crippen LogP contribution in [-0.2, 0) is 49.3 Å². The first-order valence-corrected chi connectivity index (χ1v) is 16.2. The Bertz CT molecular complexity index is 1510. The Morgan fingerprint density at radius 1 is 1.10 bits per heavy atom. The molecule has 0 radical (unpaired) electrons. The third-order valence-electron chi connectivity index (χ3n) is 9.33. The van der Waals surface area contributed by atoms with E-state index in [4.69, 9.17) is 18.9 Å². The molecule has 3 rings (SSSR count). The fourth-order valence-electron chi connectivity index (χ4n) is 6.63. The smallest absolute Gasteiger partial charge is 0.344 e. The molecule has 0 aromatic heterocycles. The molecule has 1 aromatic carbocycles. The van der Waals surface area contributed by atoms with Crippen LogP contribution in [0, 0.1) is 23.6 Å². The van der Waals surface area contributed by atoms with Gasteiger partial charge in [0.25, 0.3) is 0 Å². The number of halogens is 1. The standard InChI is InChI=1S/C35H45FO14/c1-7-18(2)15-19(3)11-12-25(38)48-28-27(39)33(49-29(30(40)41)34(46,31(42)43)35(28,50-33)32(44)45)14-13-20(4)26(47-22(6)37)21(5)16-23-9-8-10-24(36)17-23/h8-12,17-19,21,26-29,39,46H,4,7,13-16H2,1-3,5-6H3,(H,40,41)(H,42,43)(H,44,45). The van der Waals surface area contributed by atoms with Gasteiger partial charge < -0.3 is 44.5 Å². The molecule has 1 aromatic rings. The van der Waals surface area contributed by atoms with Gasteiger partial charge in [0.2, 0.25) is 23.1 Å². The number of ether oxygens (including phenoxy) is 4. The molecule has 10 unspecified atom stereocenters. The number of carboxylic acid groups (broad SMARTS) is 3. The molecular formula is C35H45FO14. The molecule has 276 valence electrons. The van der Waals surface area contributed by atoms with E-state index in [0.717, 1.165) is 19.4 Å². The van der Waals surface area contributed by atoms with Gasteiger partial charge in [0, 0.05) is 25.3 Å². The minimum absolute atomic E-state index is 0.142. The lowest BCUT2D eigenvalue weighted by Gasteiger charge is -2.48. The van der Waals surface area contributed by atoms with Crippen LogP contribution in [0.25, 0.3) is 0 Å². The summed E-state index contributed by atoms with van der Waals surface area (Å²) in [4.78, 5) is 62.9. The highest BCUT2D eigenvalue weighted by atomic mass is 19.1. The molecular weight excluding hydrogens is 663 g/mol. The van der Waals surface area contributed by atoms with Crippen molar-refractivity contribution in [3.63, 3.8) is 0 Å². The van der Waals surface area contributed by atoms with Crippen LogP contribution in [0.3, 0.4) is 0 Å². The first-order chi connectivity index (χ1) is 23.2. The van der Waals surface area contributed by atoms with E-state index < -0.39 is 89.4 Å². The Balaban J connectivity index is 2.02. The lowest BCUT2D eigenvalue weighted by Crippen LogP contribution is -2.78. The van der Waals surface area contributed by atoms with Crippen molar-refractivity contribution in [3.05, 3.63) is 60.0 Å². The van der Waals surface area contributed by atoms with E-state index in [2.05, 4.69) is 6.58 Å². The molecule has 5 N–H and O–H groups in total. The van der Waals surface area contributed by atoms with Gasteiger partial charge in [-0.25, -0.2) is 23.6 Å². The van der Waals surface area contributed by atoms with Crippen molar-refractivity contribution in [3.8, 4) is 0 Å². The summed E-state index contributed by atoms with van der Waals surface area (Å²) >= 11 is 0. The van der Waals surface area contributed by atoms with E-state index >= 15 is 0 Å². The first-order valence-electron chi connectivity index (χ1n) is 16.2. The van der Waals surface area contributed by atoms with Crippen molar-refractivity contribution < 1.29 is 72.8 Å². The molecule has 2 bridgehead atoms. The number of allylic oxidation sites excluding steroid dienone is 1. The quantitative estimate of drug-likeness (QED) is 0.0892. The third kappa shape index (κ3) is 7.90. The number of benzene rings is 1. The number of carboxylic acids is 3. The van der Waals surface area contributed by atoms with Gasteiger partial charge in [0.1, 0.15) is 18.0 Å². The van der Waals surface area contributed by atoms with E-state index in [1.807, 2.05) is 20.8 Å². The first kappa shape index (κ1) is 40.3. The van der Waals surface area contributed by atoms with Gasteiger partial charge >= 0.3 is 29.8 Å². The molecule has 14 nitrogen and oxygen atoms in total. The summed E-state index contributed by atoms with van der Waals surface area (Å²) in [6.45, 7) is 12.6. The molecule has 10 atom stereocenters. The normalized spacial score (nSPS) is 29.8. The Morgan fingerprint density at radius 2 is 1.76 bits per heavy atom. The zero-order valence-corrected chi connectivity index (χ0v) is 28.5. The maximum absolute atomic E-state index is 13.8. The molecule has 2 aliphatic rings. The van der Waals surface area contributed by atoms with Crippen LogP contribution >= 0.6 is 0 Å². The number of aliphatic hydroxyl groups is 2. The van der Waals surface area contributed by atoms with Crippen molar-refractivity contribution >= 4 is 29.8 Å².